The number of rotatable bonds is 6. The number of piperidine rings is 1. The average molecular weight is 360 g/mol. The molecule has 1 atom stereocenters. The van der Waals surface area contributed by atoms with Crippen LogP contribution in [0.3, 0.4) is 0 Å². The van der Waals surface area contributed by atoms with Crippen molar-refractivity contribution in [2.45, 2.75) is 25.2 Å². The summed E-state index contributed by atoms with van der Waals surface area (Å²) in [6.45, 7) is 3.31. The Bertz CT molecular complexity index is 840. The van der Waals surface area contributed by atoms with Crippen LogP contribution in [-0.2, 0) is 6.42 Å². The first kappa shape index (κ1) is 17.5. The second kappa shape index (κ2) is 8.68. The maximum Gasteiger partial charge on any atom is 0.228 e. The number of nitrogens with zero attached hydrogens (tertiary/aromatic N) is 5. The largest absolute Gasteiger partial charge is 0.307 e. The zero-order chi connectivity index (χ0) is 18.3. The van der Waals surface area contributed by atoms with Crippen LogP contribution in [0.25, 0.3) is 0 Å². The molecule has 1 unspecified atom stereocenters. The normalized spacial score (nSPS) is 17.6. The second-order valence-corrected chi connectivity index (χ2v) is 6.90. The summed E-state index contributed by atoms with van der Waals surface area (Å²) in [5.74, 6) is 1.68. The number of benzene rings is 1. The van der Waals surface area contributed by atoms with E-state index in [0.717, 1.165) is 25.2 Å². The van der Waals surface area contributed by atoms with Gasteiger partial charge in [0, 0.05) is 37.6 Å². The van der Waals surface area contributed by atoms with Crippen molar-refractivity contribution in [3.8, 4) is 0 Å². The van der Waals surface area contributed by atoms with Gasteiger partial charge in [-0.25, -0.2) is 15.0 Å². The smallest absolute Gasteiger partial charge is 0.228 e. The number of nitrogens with one attached hydrogen (secondary N) is 1. The highest BCUT2D eigenvalue weighted by atomic mass is 15.2. The van der Waals surface area contributed by atoms with Gasteiger partial charge in [0.2, 0.25) is 5.95 Å². The van der Waals surface area contributed by atoms with Gasteiger partial charge in [0.25, 0.3) is 0 Å². The van der Waals surface area contributed by atoms with Crippen LogP contribution in [0.1, 0.15) is 30.0 Å². The Balaban J connectivity index is 1.38. The lowest BCUT2D eigenvalue weighted by Crippen LogP contribution is -2.36. The van der Waals surface area contributed by atoms with Gasteiger partial charge in [0.15, 0.2) is 5.82 Å². The summed E-state index contributed by atoms with van der Waals surface area (Å²) in [4.78, 5) is 19.9. The van der Waals surface area contributed by atoms with E-state index < -0.39 is 0 Å². The zero-order valence-corrected chi connectivity index (χ0v) is 15.3. The highest BCUT2D eigenvalue weighted by Crippen LogP contribution is 2.26. The molecule has 1 saturated heterocycles. The molecule has 0 bridgehead atoms. The summed E-state index contributed by atoms with van der Waals surface area (Å²) in [5, 5.41) is 3.13. The SMILES string of the molecule is c1ccc(CCN2CCCC(c3ccnc(Nc4cnccn4)n3)C2)cc1. The van der Waals surface area contributed by atoms with E-state index in [2.05, 4.69) is 55.5 Å². The molecule has 1 aromatic carbocycles. The van der Waals surface area contributed by atoms with Crippen LogP contribution in [0.4, 0.5) is 11.8 Å². The van der Waals surface area contributed by atoms with Crippen molar-refractivity contribution in [1.29, 1.82) is 0 Å². The molecule has 4 rings (SSSR count). The fraction of sp³-hybridized carbons (Fsp3) is 0.333. The molecule has 6 heteroatoms. The predicted octanol–water partition coefficient (Wildman–Crippen LogP) is 3.43. The third-order valence-corrected chi connectivity index (χ3v) is 4.96. The van der Waals surface area contributed by atoms with Crippen molar-refractivity contribution < 1.29 is 0 Å². The van der Waals surface area contributed by atoms with Gasteiger partial charge in [-0.2, -0.15) is 0 Å². The molecule has 0 spiro atoms. The molecular weight excluding hydrogens is 336 g/mol. The van der Waals surface area contributed by atoms with Gasteiger partial charge in [-0.3, -0.25) is 4.98 Å². The Morgan fingerprint density at radius 1 is 1.04 bits per heavy atom. The zero-order valence-electron chi connectivity index (χ0n) is 15.3. The van der Waals surface area contributed by atoms with E-state index >= 15 is 0 Å². The van der Waals surface area contributed by atoms with Gasteiger partial charge in [-0.05, 0) is 37.4 Å². The lowest BCUT2D eigenvalue weighted by Gasteiger charge is -2.32. The number of anilines is 2. The third-order valence-electron chi connectivity index (χ3n) is 4.96. The van der Waals surface area contributed by atoms with Crippen molar-refractivity contribution in [2.75, 3.05) is 25.0 Å². The first-order valence-corrected chi connectivity index (χ1v) is 9.49. The predicted molar refractivity (Wildman–Crippen MR) is 106 cm³/mol. The molecule has 1 fully saturated rings. The lowest BCUT2D eigenvalue weighted by atomic mass is 9.94. The van der Waals surface area contributed by atoms with E-state index in [1.807, 2.05) is 12.3 Å². The van der Waals surface area contributed by atoms with E-state index in [9.17, 15) is 0 Å². The molecule has 0 aliphatic carbocycles. The molecule has 138 valence electrons. The summed E-state index contributed by atoms with van der Waals surface area (Å²) in [6.07, 6.45) is 10.3. The van der Waals surface area contributed by atoms with Gasteiger partial charge in [0.1, 0.15) is 0 Å². The molecule has 0 amide bonds. The van der Waals surface area contributed by atoms with Crippen LogP contribution < -0.4 is 5.32 Å². The Hall–Kier alpha value is -2.86. The van der Waals surface area contributed by atoms with E-state index in [-0.39, 0.29) is 0 Å². The minimum Gasteiger partial charge on any atom is -0.307 e. The van der Waals surface area contributed by atoms with Gasteiger partial charge in [0.05, 0.1) is 11.9 Å². The molecule has 1 aliphatic heterocycles. The van der Waals surface area contributed by atoms with Crippen molar-refractivity contribution in [3.05, 3.63) is 72.4 Å². The molecule has 3 heterocycles. The summed E-state index contributed by atoms with van der Waals surface area (Å²) in [7, 11) is 0. The number of likely N-dealkylation sites (tertiary alicyclic amines) is 1. The molecule has 1 aliphatic rings. The Morgan fingerprint density at radius 2 is 1.96 bits per heavy atom. The highest BCUT2D eigenvalue weighted by Gasteiger charge is 2.22. The van der Waals surface area contributed by atoms with E-state index in [0.29, 0.717) is 17.7 Å². The second-order valence-electron chi connectivity index (χ2n) is 6.90. The van der Waals surface area contributed by atoms with E-state index in [1.54, 1.807) is 18.6 Å². The fourth-order valence-corrected chi connectivity index (χ4v) is 3.57. The summed E-state index contributed by atoms with van der Waals surface area (Å²) >= 11 is 0. The van der Waals surface area contributed by atoms with Crippen LogP contribution in [0, 0.1) is 0 Å². The Kier molecular flexibility index (Phi) is 5.64. The Labute approximate surface area is 159 Å². The molecule has 0 saturated carbocycles. The first-order chi connectivity index (χ1) is 13.4. The molecule has 27 heavy (non-hydrogen) atoms. The molecule has 0 radical (unpaired) electrons. The Morgan fingerprint density at radius 3 is 2.81 bits per heavy atom. The van der Waals surface area contributed by atoms with Crippen molar-refractivity contribution in [3.63, 3.8) is 0 Å². The van der Waals surface area contributed by atoms with Crippen LogP contribution in [0.15, 0.2) is 61.2 Å². The summed E-state index contributed by atoms with van der Waals surface area (Å²) in [6, 6.07) is 12.7. The van der Waals surface area contributed by atoms with Crippen molar-refractivity contribution in [1.82, 2.24) is 24.8 Å². The molecule has 3 aromatic rings. The molecule has 6 nitrogen and oxygen atoms in total. The minimum atomic E-state index is 0.444. The van der Waals surface area contributed by atoms with Crippen LogP contribution in [0.2, 0.25) is 0 Å². The van der Waals surface area contributed by atoms with Gasteiger partial charge in [-0.1, -0.05) is 30.3 Å². The quantitative estimate of drug-likeness (QED) is 0.726. The number of hydrogen-bond donors (Lipinski definition) is 1. The summed E-state index contributed by atoms with van der Waals surface area (Å²) in [5.41, 5.74) is 2.50. The van der Waals surface area contributed by atoms with Gasteiger partial charge < -0.3 is 10.2 Å². The molecule has 1 N–H and O–H groups in total. The van der Waals surface area contributed by atoms with E-state index in [1.165, 1.54) is 24.9 Å². The van der Waals surface area contributed by atoms with Crippen molar-refractivity contribution in [2.24, 2.45) is 0 Å². The minimum absolute atomic E-state index is 0.444. The van der Waals surface area contributed by atoms with Crippen LogP contribution in [0.5, 0.6) is 0 Å². The maximum atomic E-state index is 4.73. The summed E-state index contributed by atoms with van der Waals surface area (Å²) < 4.78 is 0. The molecule has 2 aromatic heterocycles. The fourth-order valence-electron chi connectivity index (χ4n) is 3.57. The average Bonchev–Trinajstić information content (AvgIpc) is 2.74. The standard InChI is InChI=1S/C21H24N6/c1-2-5-17(6-3-1)9-14-27-13-4-7-18(16-27)19-8-10-24-21(25-19)26-20-15-22-11-12-23-20/h1-3,5-6,8,10-12,15,18H,4,7,9,13-14,16H2,(H,23,24,25,26). The van der Waals surface area contributed by atoms with E-state index in [4.69, 9.17) is 4.98 Å². The van der Waals surface area contributed by atoms with Gasteiger partial charge >= 0.3 is 0 Å². The molecular formula is C21H24N6. The van der Waals surface area contributed by atoms with Crippen LogP contribution in [-0.4, -0.2) is 44.5 Å². The lowest BCUT2D eigenvalue weighted by molar-refractivity contribution is 0.208. The highest BCUT2D eigenvalue weighted by molar-refractivity contribution is 5.45. The van der Waals surface area contributed by atoms with Crippen molar-refractivity contribution >= 4 is 11.8 Å². The third kappa shape index (κ3) is 4.86. The van der Waals surface area contributed by atoms with Gasteiger partial charge in [-0.15, -0.1) is 0 Å². The number of aromatic nitrogens is 4. The van der Waals surface area contributed by atoms with Crippen LogP contribution >= 0.6 is 0 Å². The monoisotopic (exact) mass is 360 g/mol. The maximum absolute atomic E-state index is 4.73. The topological polar surface area (TPSA) is 66.8 Å². The first-order valence-electron chi connectivity index (χ1n) is 9.49. The number of hydrogen-bond acceptors (Lipinski definition) is 6.